The number of amides is 2. The van der Waals surface area contributed by atoms with Crippen molar-refractivity contribution in [3.63, 3.8) is 0 Å². The highest BCUT2D eigenvalue weighted by molar-refractivity contribution is 8.27. The van der Waals surface area contributed by atoms with Gasteiger partial charge in [-0.2, -0.15) is 0 Å². The molecule has 0 aliphatic carbocycles. The third kappa shape index (κ3) is 5.96. The highest BCUT2D eigenvalue weighted by atomic mass is 35.5. The molecule has 36 heavy (non-hydrogen) atoms. The molecule has 2 amide bonds. The number of hydrogen-bond acceptors (Lipinski definition) is 6. The van der Waals surface area contributed by atoms with E-state index in [1.807, 2.05) is 0 Å². The maximum Gasteiger partial charge on any atom is 0.270 e. The van der Waals surface area contributed by atoms with Crippen molar-refractivity contribution >= 4 is 92.4 Å². The summed E-state index contributed by atoms with van der Waals surface area (Å²) in [6.45, 7) is -0.319. The molecule has 1 fully saturated rings. The summed E-state index contributed by atoms with van der Waals surface area (Å²) in [6, 6.07) is 17.0. The second-order valence-electron chi connectivity index (χ2n) is 7.34. The van der Waals surface area contributed by atoms with Gasteiger partial charge in [-0.05, 0) is 60.2 Å². The van der Waals surface area contributed by atoms with Crippen LogP contribution in [0.15, 0.2) is 65.6 Å². The standard InChI is InChI=1S/C25H17Cl3N2O4S2/c1-33-20-11-14(12-21-24(32)30(25(35)36-21)16-8-6-15(26)7-9-16)10-18(28)23(20)34-13-22(31)29-19-5-3-2-4-17(19)27/h2-12H,13H2,1H3,(H,29,31)/b21-12-. The van der Waals surface area contributed by atoms with Crippen molar-refractivity contribution in [1.29, 1.82) is 0 Å². The van der Waals surface area contributed by atoms with E-state index in [1.54, 1.807) is 66.7 Å². The van der Waals surface area contributed by atoms with Gasteiger partial charge in [0.15, 0.2) is 22.4 Å². The molecule has 0 spiro atoms. The molecule has 0 aromatic heterocycles. The van der Waals surface area contributed by atoms with Crippen molar-refractivity contribution < 1.29 is 19.1 Å². The monoisotopic (exact) mass is 578 g/mol. The SMILES string of the molecule is COc1cc(/C=C2\SC(=S)N(c3ccc(Cl)cc3)C2=O)cc(Cl)c1OCC(=O)Nc1ccccc1Cl. The number of carbonyl (C=O) groups excluding carboxylic acids is 2. The summed E-state index contributed by atoms with van der Waals surface area (Å²) in [7, 11) is 1.45. The molecule has 3 aromatic carbocycles. The molecule has 4 rings (SSSR count). The largest absolute Gasteiger partial charge is 0.493 e. The molecule has 0 atom stereocenters. The minimum atomic E-state index is -0.420. The highest BCUT2D eigenvalue weighted by Gasteiger charge is 2.33. The van der Waals surface area contributed by atoms with Gasteiger partial charge in [-0.15, -0.1) is 0 Å². The predicted octanol–water partition coefficient (Wildman–Crippen LogP) is 7.08. The Morgan fingerprint density at radius 2 is 1.81 bits per heavy atom. The van der Waals surface area contributed by atoms with Crippen LogP contribution in [0.2, 0.25) is 15.1 Å². The average molecular weight is 580 g/mol. The number of rotatable bonds is 7. The zero-order valence-electron chi connectivity index (χ0n) is 18.6. The lowest BCUT2D eigenvalue weighted by atomic mass is 10.1. The lowest BCUT2D eigenvalue weighted by Gasteiger charge is -2.14. The molecule has 184 valence electrons. The average Bonchev–Trinajstić information content (AvgIpc) is 3.12. The van der Waals surface area contributed by atoms with E-state index in [2.05, 4.69) is 5.32 Å². The van der Waals surface area contributed by atoms with Crippen molar-refractivity contribution in [1.82, 2.24) is 0 Å². The summed E-state index contributed by atoms with van der Waals surface area (Å²) >= 11 is 25.1. The van der Waals surface area contributed by atoms with Gasteiger partial charge in [-0.1, -0.05) is 70.9 Å². The van der Waals surface area contributed by atoms with E-state index in [-0.39, 0.29) is 23.3 Å². The van der Waals surface area contributed by atoms with E-state index in [0.29, 0.717) is 42.0 Å². The predicted molar refractivity (Wildman–Crippen MR) is 151 cm³/mol. The van der Waals surface area contributed by atoms with Crippen molar-refractivity contribution in [2.24, 2.45) is 0 Å². The van der Waals surface area contributed by atoms with E-state index in [4.69, 9.17) is 56.5 Å². The molecule has 0 unspecified atom stereocenters. The summed E-state index contributed by atoms with van der Waals surface area (Å²) in [5, 5.41) is 3.85. The summed E-state index contributed by atoms with van der Waals surface area (Å²) in [6.07, 6.45) is 1.66. The molecule has 0 radical (unpaired) electrons. The zero-order chi connectivity index (χ0) is 25.8. The second kappa shape index (κ2) is 11.5. The van der Waals surface area contributed by atoms with E-state index < -0.39 is 5.91 Å². The van der Waals surface area contributed by atoms with Gasteiger partial charge in [-0.25, -0.2) is 0 Å². The minimum Gasteiger partial charge on any atom is -0.493 e. The van der Waals surface area contributed by atoms with Crippen LogP contribution in [0.5, 0.6) is 11.5 Å². The fraction of sp³-hybridized carbons (Fsp3) is 0.0800. The second-order valence-corrected chi connectivity index (χ2v) is 10.3. The van der Waals surface area contributed by atoms with Crippen LogP contribution in [0.25, 0.3) is 6.08 Å². The fourth-order valence-corrected chi connectivity index (χ4v) is 5.16. The maximum atomic E-state index is 13.0. The summed E-state index contributed by atoms with van der Waals surface area (Å²) < 4.78 is 11.5. The van der Waals surface area contributed by atoms with E-state index in [1.165, 1.54) is 23.8 Å². The topological polar surface area (TPSA) is 67.9 Å². The first kappa shape index (κ1) is 26.3. The molecule has 1 aliphatic rings. The van der Waals surface area contributed by atoms with E-state index in [0.717, 1.165) is 0 Å². The number of thioether (sulfide) groups is 1. The maximum absolute atomic E-state index is 13.0. The molecule has 6 nitrogen and oxygen atoms in total. The smallest absolute Gasteiger partial charge is 0.270 e. The van der Waals surface area contributed by atoms with Crippen molar-refractivity contribution in [3.8, 4) is 11.5 Å². The number of para-hydroxylation sites is 1. The molecule has 1 aliphatic heterocycles. The van der Waals surface area contributed by atoms with Crippen molar-refractivity contribution in [3.05, 3.63) is 86.2 Å². The quantitative estimate of drug-likeness (QED) is 0.238. The van der Waals surface area contributed by atoms with Crippen LogP contribution >= 0.6 is 58.8 Å². The Hall–Kier alpha value is -2.75. The van der Waals surface area contributed by atoms with Gasteiger partial charge in [0.25, 0.3) is 11.8 Å². The number of nitrogens with zero attached hydrogens (tertiary/aromatic N) is 1. The number of ether oxygens (including phenoxy) is 2. The number of nitrogens with one attached hydrogen (secondary N) is 1. The number of thiocarbonyl (C=S) groups is 1. The Morgan fingerprint density at radius 1 is 1.08 bits per heavy atom. The number of hydrogen-bond donors (Lipinski definition) is 1. The normalized spacial score (nSPS) is 14.3. The molecule has 1 N–H and O–H groups in total. The fourth-order valence-electron chi connectivity index (χ4n) is 3.28. The lowest BCUT2D eigenvalue weighted by Crippen LogP contribution is -2.27. The third-order valence-corrected chi connectivity index (χ3v) is 7.09. The molecular formula is C25H17Cl3N2O4S2. The highest BCUT2D eigenvalue weighted by Crippen LogP contribution is 2.40. The zero-order valence-corrected chi connectivity index (χ0v) is 22.5. The van der Waals surface area contributed by atoms with E-state index in [9.17, 15) is 9.59 Å². The van der Waals surface area contributed by atoms with Crippen LogP contribution in [0.1, 0.15) is 5.56 Å². The lowest BCUT2D eigenvalue weighted by molar-refractivity contribution is -0.118. The van der Waals surface area contributed by atoms with Gasteiger partial charge >= 0.3 is 0 Å². The van der Waals surface area contributed by atoms with Crippen LogP contribution in [0, 0.1) is 0 Å². The van der Waals surface area contributed by atoms with Gasteiger partial charge in [0.2, 0.25) is 0 Å². The van der Waals surface area contributed by atoms with Crippen molar-refractivity contribution in [2.45, 2.75) is 0 Å². The Labute approximate surface area is 232 Å². The molecule has 3 aromatic rings. The number of methoxy groups -OCH3 is 1. The van der Waals surface area contributed by atoms with Gasteiger partial charge < -0.3 is 14.8 Å². The molecule has 1 heterocycles. The molecular weight excluding hydrogens is 563 g/mol. The Kier molecular flexibility index (Phi) is 8.43. The van der Waals surface area contributed by atoms with Crippen LogP contribution < -0.4 is 19.7 Å². The van der Waals surface area contributed by atoms with Gasteiger partial charge in [-0.3, -0.25) is 14.5 Å². The summed E-state index contributed by atoms with van der Waals surface area (Å²) in [4.78, 5) is 27.2. The first-order valence-electron chi connectivity index (χ1n) is 10.3. The van der Waals surface area contributed by atoms with Gasteiger partial charge in [0, 0.05) is 5.02 Å². The van der Waals surface area contributed by atoms with Gasteiger partial charge in [0.05, 0.1) is 33.4 Å². The van der Waals surface area contributed by atoms with Gasteiger partial charge in [0.1, 0.15) is 0 Å². The van der Waals surface area contributed by atoms with Crippen molar-refractivity contribution in [2.75, 3.05) is 23.9 Å². The van der Waals surface area contributed by atoms with Crippen LogP contribution in [-0.2, 0) is 9.59 Å². The first-order valence-corrected chi connectivity index (χ1v) is 12.7. The molecule has 11 heteroatoms. The minimum absolute atomic E-state index is 0.194. The van der Waals surface area contributed by atoms with Crippen LogP contribution in [0.4, 0.5) is 11.4 Å². The number of anilines is 2. The van der Waals surface area contributed by atoms with Crippen LogP contribution in [-0.4, -0.2) is 29.9 Å². The molecule has 0 saturated carbocycles. The Bertz CT molecular complexity index is 1380. The van der Waals surface area contributed by atoms with Crippen LogP contribution in [0.3, 0.4) is 0 Å². The number of carbonyl (C=O) groups is 2. The number of halogens is 3. The Balaban J connectivity index is 1.50. The number of benzene rings is 3. The Morgan fingerprint density at radius 3 is 2.50 bits per heavy atom. The van der Waals surface area contributed by atoms with E-state index >= 15 is 0 Å². The first-order chi connectivity index (χ1) is 17.3. The summed E-state index contributed by atoms with van der Waals surface area (Å²) in [5.41, 5.74) is 1.69. The molecule has 0 bridgehead atoms. The molecule has 1 saturated heterocycles. The third-order valence-electron chi connectivity index (χ3n) is 4.92. The summed E-state index contributed by atoms with van der Waals surface area (Å²) in [5.74, 6) is -0.193.